The first-order valence-corrected chi connectivity index (χ1v) is 29.3. The van der Waals surface area contributed by atoms with E-state index in [1.165, 1.54) is 23.0 Å². The van der Waals surface area contributed by atoms with E-state index in [-0.39, 0.29) is 66.3 Å². The summed E-state index contributed by atoms with van der Waals surface area (Å²) in [6.07, 6.45) is 3.50. The third-order valence-electron chi connectivity index (χ3n) is 16.5. The minimum Gasteiger partial charge on any atom is -0.468 e. The molecule has 0 saturated heterocycles. The van der Waals surface area contributed by atoms with E-state index in [0.29, 0.717) is 94.1 Å². The Morgan fingerprint density at radius 2 is 1.31 bits per heavy atom. The second-order valence-corrected chi connectivity index (χ2v) is 24.8. The van der Waals surface area contributed by atoms with E-state index in [9.17, 15) is 28.8 Å². The number of aromatic amines is 2. The number of nitrogens with two attached hydrogens (primary N) is 1. The Kier molecular flexibility index (Phi) is 16.8. The summed E-state index contributed by atoms with van der Waals surface area (Å²) in [6.45, 7) is 11.8. The Balaban J connectivity index is 0.927. The zero-order valence-corrected chi connectivity index (χ0v) is 46.6. The number of ketones is 3. The average molecular weight is 1070 g/mol. The number of nitrogens with one attached hydrogen (secondary N) is 4. The fourth-order valence-electron chi connectivity index (χ4n) is 12.3. The van der Waals surface area contributed by atoms with Gasteiger partial charge in [0.1, 0.15) is 29.1 Å². The molecule has 14 nitrogen and oxygen atoms in total. The topological polar surface area (TPSA) is 219 Å². The van der Waals surface area contributed by atoms with Gasteiger partial charge in [0.2, 0.25) is 11.8 Å². The molecular weight excluding hydrogens is 998 g/mol. The van der Waals surface area contributed by atoms with E-state index in [2.05, 4.69) is 70.8 Å². The number of Topliss-reactive ketones (excluding diaryl/α,β-unsaturated/α-hetero) is 3. The highest BCUT2D eigenvalue weighted by molar-refractivity contribution is 7.95. The standard InChI is InChI=1S/C63H70N7O7P/c1-8-44-36(2)47-34-52-56(40(6)71)38(4)49(67-52)32-48-37(3)45(60(69-48)58-59(63(76)77-7)62(75)57-39(5)50(70-61(57)58)33-51(44)66-47)27-28-54(73)65-30-19-18-26-46(53(72)35-64)68-55(74)29-31-78(41-20-12-9-13-21-41,42-22-14-10-15-23-42)43-24-16-11-17-25-43/h9-17,20-25,32-34,36-37,44-46,59H,8,18-19,26-31,35,64H2,1-7H3,(H3-,65,66,67,68,69,70,71,73,74,75)/p+1/t36-,37+,44-,45+,46+,59?/m1/s1. The molecule has 3 aromatic carbocycles. The summed E-state index contributed by atoms with van der Waals surface area (Å²) < 4.78 is 5.30. The van der Waals surface area contributed by atoms with Crippen molar-refractivity contribution in [2.45, 2.75) is 122 Å². The molecule has 1 unspecified atom stereocenters. The van der Waals surface area contributed by atoms with Gasteiger partial charge in [-0.1, -0.05) is 75.4 Å². The van der Waals surface area contributed by atoms with Crippen molar-refractivity contribution in [1.82, 2.24) is 30.6 Å². The number of nitrogens with zero attached hydrogens (tertiary/aromatic N) is 2. The Bertz CT molecular complexity index is 3350. The van der Waals surface area contributed by atoms with Crippen LogP contribution >= 0.6 is 7.26 Å². The van der Waals surface area contributed by atoms with Crippen molar-refractivity contribution >= 4 is 80.4 Å². The molecule has 5 heterocycles. The van der Waals surface area contributed by atoms with E-state index >= 15 is 0 Å². The monoisotopic (exact) mass is 1070 g/mol. The van der Waals surface area contributed by atoms with Gasteiger partial charge in [-0.25, -0.2) is 0 Å². The second kappa shape index (κ2) is 23.7. The summed E-state index contributed by atoms with van der Waals surface area (Å²) in [7, 11) is -1.00. The predicted molar refractivity (Wildman–Crippen MR) is 309 cm³/mol. The zero-order chi connectivity index (χ0) is 55.4. The molecule has 0 spiro atoms. The lowest BCUT2D eigenvalue weighted by molar-refractivity contribution is -0.141. The minimum absolute atomic E-state index is 0.0562. The predicted octanol–water partition coefficient (Wildman–Crippen LogP) is 9.24. The third-order valence-corrected chi connectivity index (χ3v) is 21.0. The first kappa shape index (κ1) is 55.3. The van der Waals surface area contributed by atoms with Crippen LogP contribution in [0.2, 0.25) is 0 Å². The van der Waals surface area contributed by atoms with Crippen LogP contribution in [0.5, 0.6) is 0 Å². The highest BCUT2D eigenvalue weighted by atomic mass is 31.2. The number of aryl methyl sites for hydroxylation is 2. The summed E-state index contributed by atoms with van der Waals surface area (Å²) in [4.78, 5) is 99.9. The summed E-state index contributed by atoms with van der Waals surface area (Å²) in [5, 5.41) is 9.59. The molecule has 404 valence electrons. The minimum atomic E-state index is -2.28. The Labute approximate surface area is 456 Å². The molecule has 2 amide bonds. The highest BCUT2D eigenvalue weighted by Crippen LogP contribution is 2.56. The summed E-state index contributed by atoms with van der Waals surface area (Å²) in [5.74, 6) is -3.60. The Morgan fingerprint density at radius 3 is 1.90 bits per heavy atom. The fraction of sp³-hybridized carbons (Fsp3) is 0.365. The number of carbonyl (C=O) groups excluding carboxylic acids is 6. The molecule has 6 atom stereocenters. The molecule has 0 fully saturated rings. The van der Waals surface area contributed by atoms with Gasteiger partial charge in [0.15, 0.2) is 17.3 Å². The molecular formula is C63H71N7O7P+. The number of unbranched alkanes of at least 4 members (excludes halogenated alkanes) is 1. The largest absolute Gasteiger partial charge is 0.468 e. The second-order valence-electron chi connectivity index (χ2n) is 21.1. The van der Waals surface area contributed by atoms with Crippen LogP contribution in [0.4, 0.5) is 0 Å². The van der Waals surface area contributed by atoms with E-state index in [1.54, 1.807) is 6.92 Å². The fourth-order valence-corrected chi connectivity index (χ4v) is 16.5. The Hall–Kier alpha value is -7.41. The van der Waals surface area contributed by atoms with Crippen LogP contribution in [0.15, 0.2) is 109 Å². The van der Waals surface area contributed by atoms with Crippen molar-refractivity contribution in [3.05, 3.63) is 160 Å². The van der Waals surface area contributed by atoms with Gasteiger partial charge < -0.3 is 31.1 Å². The smallest absolute Gasteiger partial charge is 0.321 e. The lowest BCUT2D eigenvalue weighted by atomic mass is 9.84. The third kappa shape index (κ3) is 10.6. The number of esters is 1. The van der Waals surface area contributed by atoms with Gasteiger partial charge in [0.05, 0.1) is 49.0 Å². The van der Waals surface area contributed by atoms with Crippen LogP contribution in [0.25, 0.3) is 22.1 Å². The van der Waals surface area contributed by atoms with Crippen molar-refractivity contribution in [1.29, 1.82) is 0 Å². The first-order chi connectivity index (χ1) is 37.6. The quantitative estimate of drug-likeness (QED) is 0.0160. The molecule has 0 saturated carbocycles. The molecule has 6 N–H and O–H groups in total. The van der Waals surface area contributed by atoms with Crippen molar-refractivity contribution in [3.63, 3.8) is 0 Å². The molecule has 2 aliphatic heterocycles. The van der Waals surface area contributed by atoms with Gasteiger partial charge in [0.25, 0.3) is 0 Å². The number of rotatable bonds is 20. The van der Waals surface area contributed by atoms with Gasteiger partial charge >= 0.3 is 5.97 Å². The molecule has 1 aliphatic carbocycles. The van der Waals surface area contributed by atoms with Gasteiger partial charge in [-0.3, -0.25) is 38.7 Å². The maximum atomic E-state index is 14.5. The van der Waals surface area contributed by atoms with Crippen LogP contribution in [0.1, 0.15) is 162 Å². The summed E-state index contributed by atoms with van der Waals surface area (Å²) in [6, 6.07) is 36.2. The highest BCUT2D eigenvalue weighted by Gasteiger charge is 2.47. The maximum Gasteiger partial charge on any atom is 0.321 e. The number of H-pyrrole nitrogens is 2. The van der Waals surface area contributed by atoms with E-state index in [4.69, 9.17) is 20.4 Å². The number of hydrogen-bond donors (Lipinski definition) is 5. The van der Waals surface area contributed by atoms with Crippen molar-refractivity contribution in [2.24, 2.45) is 5.73 Å². The van der Waals surface area contributed by atoms with Crippen LogP contribution in [0, 0.1) is 13.8 Å². The summed E-state index contributed by atoms with van der Waals surface area (Å²) >= 11 is 0. The molecule has 3 aliphatic rings. The number of hydrogen-bond acceptors (Lipinski definition) is 10. The number of methoxy groups -OCH3 is 1. The number of fused-ring (bicyclic) bond motifs is 8. The molecule has 8 bridgehead atoms. The number of carbonyl (C=O) groups is 6. The van der Waals surface area contributed by atoms with Crippen LogP contribution < -0.4 is 32.3 Å². The first-order valence-electron chi connectivity index (χ1n) is 27.4. The SMILES string of the molecule is CC[C@H]1c2cc3[nH]c4c(c3C)C(=O)C(C(=O)OC)c4c3nc(cc4[nH]c(cc(n2)[C@@H]1C)c(C(C)=O)c4C)[C@@H](C)[C@@H]3CCC(=O)NCCCC[C@H](NC(=O)CC[P+](c1ccccc1)(c1ccccc1)c1ccccc1)C(=O)CN. The zero-order valence-electron chi connectivity index (χ0n) is 45.7. The maximum absolute atomic E-state index is 14.5. The lowest BCUT2D eigenvalue weighted by Crippen LogP contribution is -2.44. The molecule has 15 heteroatoms. The van der Waals surface area contributed by atoms with Crippen molar-refractivity contribution in [3.8, 4) is 0 Å². The average Bonchev–Trinajstić information content (AvgIpc) is 4.40. The van der Waals surface area contributed by atoms with Gasteiger partial charge in [0, 0.05) is 81.4 Å². The number of amides is 2. The normalized spacial score (nSPS) is 18.1. The number of aromatic nitrogens is 4. The molecule has 78 heavy (non-hydrogen) atoms. The van der Waals surface area contributed by atoms with E-state index in [1.807, 2.05) is 93.6 Å². The number of ether oxygens (including phenoxy) is 1. The van der Waals surface area contributed by atoms with Crippen LogP contribution in [-0.4, -0.2) is 87.5 Å². The molecule has 9 rings (SSSR count). The Morgan fingerprint density at radius 1 is 0.731 bits per heavy atom. The van der Waals surface area contributed by atoms with Gasteiger partial charge in [-0.2, -0.15) is 0 Å². The van der Waals surface area contributed by atoms with Crippen LogP contribution in [-0.2, 0) is 23.9 Å². The molecule has 3 aromatic heterocycles. The van der Waals surface area contributed by atoms with Gasteiger partial charge in [-0.05, 0) is 119 Å². The molecule has 0 radical (unpaired) electrons. The summed E-state index contributed by atoms with van der Waals surface area (Å²) in [5.41, 5.74) is 14.3. The van der Waals surface area contributed by atoms with Crippen molar-refractivity contribution in [2.75, 3.05) is 26.4 Å². The van der Waals surface area contributed by atoms with Gasteiger partial charge in [-0.15, -0.1) is 0 Å². The van der Waals surface area contributed by atoms with E-state index in [0.717, 1.165) is 23.4 Å². The van der Waals surface area contributed by atoms with Crippen molar-refractivity contribution < 1.29 is 33.5 Å². The van der Waals surface area contributed by atoms with E-state index < -0.39 is 31.1 Å². The van der Waals surface area contributed by atoms with Crippen LogP contribution in [0.3, 0.4) is 0 Å². The lowest BCUT2D eigenvalue weighted by Gasteiger charge is -2.28. The number of benzene rings is 3. The molecule has 6 aromatic rings.